The standard InChI is InChI=1S/C21H22BrNO4/c1-26-21(25)19-12-15-6-2-3-7-16(15)14-23(19)20(24)10-5-11-27-18-9-4-8-17(22)13-18/h2-4,6-9,13,19H,5,10-12,14H2,1H3. The average Bonchev–Trinajstić information content (AvgIpc) is 2.69. The molecule has 0 fully saturated rings. The Bertz CT molecular complexity index is 823. The van der Waals surface area contributed by atoms with Crippen molar-refractivity contribution in [2.75, 3.05) is 13.7 Å². The normalized spacial score (nSPS) is 15.8. The van der Waals surface area contributed by atoms with Crippen LogP contribution in [0.3, 0.4) is 0 Å². The molecule has 1 aliphatic rings. The first-order valence-corrected chi connectivity index (χ1v) is 9.70. The second kappa shape index (κ2) is 9.04. The van der Waals surface area contributed by atoms with Gasteiger partial charge in [-0.05, 0) is 35.7 Å². The van der Waals surface area contributed by atoms with Crippen LogP contribution in [0.15, 0.2) is 53.0 Å². The van der Waals surface area contributed by atoms with Crippen LogP contribution in [0.5, 0.6) is 5.75 Å². The van der Waals surface area contributed by atoms with Crippen LogP contribution in [0.1, 0.15) is 24.0 Å². The lowest BCUT2D eigenvalue weighted by Crippen LogP contribution is -2.49. The van der Waals surface area contributed by atoms with Gasteiger partial charge in [-0.2, -0.15) is 0 Å². The van der Waals surface area contributed by atoms with Gasteiger partial charge in [0, 0.05) is 23.9 Å². The molecule has 1 amide bonds. The number of ether oxygens (including phenoxy) is 2. The van der Waals surface area contributed by atoms with Crippen molar-refractivity contribution in [1.29, 1.82) is 0 Å². The number of rotatable bonds is 6. The fourth-order valence-electron chi connectivity index (χ4n) is 3.25. The number of halogens is 1. The van der Waals surface area contributed by atoms with Gasteiger partial charge in [-0.1, -0.05) is 46.3 Å². The maximum Gasteiger partial charge on any atom is 0.328 e. The van der Waals surface area contributed by atoms with Crippen LogP contribution in [-0.2, 0) is 27.3 Å². The monoisotopic (exact) mass is 431 g/mol. The van der Waals surface area contributed by atoms with Crippen molar-refractivity contribution in [3.63, 3.8) is 0 Å². The maximum atomic E-state index is 12.8. The first-order chi connectivity index (χ1) is 13.1. The number of methoxy groups -OCH3 is 1. The number of nitrogens with zero attached hydrogens (tertiary/aromatic N) is 1. The molecule has 6 heteroatoms. The summed E-state index contributed by atoms with van der Waals surface area (Å²) in [6.45, 7) is 0.872. The fraction of sp³-hybridized carbons (Fsp3) is 0.333. The molecule has 1 heterocycles. The zero-order valence-corrected chi connectivity index (χ0v) is 16.8. The van der Waals surface area contributed by atoms with Crippen LogP contribution in [0.4, 0.5) is 0 Å². The highest BCUT2D eigenvalue weighted by atomic mass is 79.9. The molecule has 0 saturated heterocycles. The maximum absolute atomic E-state index is 12.8. The summed E-state index contributed by atoms with van der Waals surface area (Å²) in [6.07, 6.45) is 1.39. The molecule has 3 rings (SSSR count). The van der Waals surface area contributed by atoms with Gasteiger partial charge in [0.2, 0.25) is 5.91 Å². The Morgan fingerprint density at radius 3 is 2.67 bits per heavy atom. The number of fused-ring (bicyclic) bond motifs is 1. The van der Waals surface area contributed by atoms with Crippen molar-refractivity contribution in [1.82, 2.24) is 4.90 Å². The summed E-state index contributed by atoms with van der Waals surface area (Å²) in [6, 6.07) is 14.9. The Morgan fingerprint density at radius 2 is 1.93 bits per heavy atom. The summed E-state index contributed by atoms with van der Waals surface area (Å²) in [4.78, 5) is 26.6. The highest BCUT2D eigenvalue weighted by molar-refractivity contribution is 9.10. The number of hydrogen-bond acceptors (Lipinski definition) is 4. The molecule has 27 heavy (non-hydrogen) atoms. The van der Waals surface area contributed by atoms with Crippen LogP contribution in [0, 0.1) is 0 Å². The lowest BCUT2D eigenvalue weighted by Gasteiger charge is -2.35. The van der Waals surface area contributed by atoms with Crippen molar-refractivity contribution in [3.05, 3.63) is 64.1 Å². The largest absolute Gasteiger partial charge is 0.494 e. The van der Waals surface area contributed by atoms with Crippen LogP contribution in [0.25, 0.3) is 0 Å². The topological polar surface area (TPSA) is 55.8 Å². The molecule has 0 N–H and O–H groups in total. The highest BCUT2D eigenvalue weighted by Crippen LogP contribution is 2.25. The second-order valence-corrected chi connectivity index (χ2v) is 7.36. The van der Waals surface area contributed by atoms with Gasteiger partial charge < -0.3 is 14.4 Å². The van der Waals surface area contributed by atoms with Gasteiger partial charge in [-0.3, -0.25) is 4.79 Å². The molecule has 142 valence electrons. The minimum absolute atomic E-state index is 0.0576. The van der Waals surface area contributed by atoms with E-state index >= 15 is 0 Å². The first-order valence-electron chi connectivity index (χ1n) is 8.91. The van der Waals surface area contributed by atoms with Crippen molar-refractivity contribution in [2.45, 2.75) is 31.8 Å². The molecule has 0 spiro atoms. The van der Waals surface area contributed by atoms with Crippen molar-refractivity contribution < 1.29 is 19.1 Å². The van der Waals surface area contributed by atoms with E-state index in [1.54, 1.807) is 4.90 Å². The molecular formula is C21H22BrNO4. The van der Waals surface area contributed by atoms with Crippen molar-refractivity contribution >= 4 is 27.8 Å². The number of carbonyl (C=O) groups is 2. The molecule has 0 saturated carbocycles. The van der Waals surface area contributed by atoms with Crippen molar-refractivity contribution in [2.24, 2.45) is 0 Å². The Labute approximate surface area is 167 Å². The zero-order chi connectivity index (χ0) is 19.2. The molecule has 0 aliphatic carbocycles. The van der Waals surface area contributed by atoms with Gasteiger partial charge in [0.25, 0.3) is 0 Å². The van der Waals surface area contributed by atoms with Crippen LogP contribution in [-0.4, -0.2) is 36.5 Å². The van der Waals surface area contributed by atoms with Gasteiger partial charge >= 0.3 is 5.97 Å². The lowest BCUT2D eigenvalue weighted by molar-refractivity contribution is -0.154. The first kappa shape index (κ1) is 19.4. The second-order valence-electron chi connectivity index (χ2n) is 6.44. The van der Waals surface area contributed by atoms with Gasteiger partial charge in [0.05, 0.1) is 13.7 Å². The summed E-state index contributed by atoms with van der Waals surface area (Å²) >= 11 is 3.40. The molecule has 2 aromatic rings. The number of hydrogen-bond donors (Lipinski definition) is 0. The van der Waals surface area contributed by atoms with E-state index in [1.807, 2.05) is 48.5 Å². The van der Waals surface area contributed by atoms with E-state index in [-0.39, 0.29) is 11.9 Å². The summed E-state index contributed by atoms with van der Waals surface area (Å²) in [5, 5.41) is 0. The summed E-state index contributed by atoms with van der Waals surface area (Å²) in [5.74, 6) is 0.331. The third kappa shape index (κ3) is 4.89. The Morgan fingerprint density at radius 1 is 1.15 bits per heavy atom. The van der Waals surface area contributed by atoms with Gasteiger partial charge in [0.15, 0.2) is 0 Å². The Hall–Kier alpha value is -2.34. The summed E-state index contributed by atoms with van der Waals surface area (Å²) in [7, 11) is 1.36. The number of benzene rings is 2. The fourth-order valence-corrected chi connectivity index (χ4v) is 3.62. The SMILES string of the molecule is COC(=O)C1Cc2ccccc2CN1C(=O)CCCOc1cccc(Br)c1. The van der Waals surface area contributed by atoms with Crippen LogP contribution in [0.2, 0.25) is 0 Å². The third-order valence-electron chi connectivity index (χ3n) is 4.64. The minimum Gasteiger partial charge on any atom is -0.494 e. The van der Waals surface area contributed by atoms with E-state index in [1.165, 1.54) is 7.11 Å². The molecular weight excluding hydrogens is 410 g/mol. The molecule has 0 bridgehead atoms. The van der Waals surface area contributed by atoms with E-state index in [2.05, 4.69) is 15.9 Å². The zero-order valence-electron chi connectivity index (χ0n) is 15.2. The van der Waals surface area contributed by atoms with E-state index in [4.69, 9.17) is 9.47 Å². The highest BCUT2D eigenvalue weighted by Gasteiger charge is 2.34. The number of amides is 1. The minimum atomic E-state index is -0.566. The molecule has 1 unspecified atom stereocenters. The van der Waals surface area contributed by atoms with Crippen LogP contribution >= 0.6 is 15.9 Å². The Balaban J connectivity index is 1.59. The summed E-state index contributed by atoms with van der Waals surface area (Å²) < 4.78 is 11.5. The number of esters is 1. The quantitative estimate of drug-likeness (QED) is 0.516. The van der Waals surface area contributed by atoms with Gasteiger partial charge in [0.1, 0.15) is 11.8 Å². The van der Waals surface area contributed by atoms with E-state index < -0.39 is 6.04 Å². The van der Waals surface area contributed by atoms with E-state index in [0.717, 1.165) is 21.3 Å². The molecule has 2 aromatic carbocycles. The van der Waals surface area contributed by atoms with E-state index in [9.17, 15) is 9.59 Å². The summed E-state index contributed by atoms with van der Waals surface area (Å²) in [5.41, 5.74) is 2.17. The van der Waals surface area contributed by atoms with Crippen molar-refractivity contribution in [3.8, 4) is 5.75 Å². The van der Waals surface area contributed by atoms with Gasteiger partial charge in [-0.25, -0.2) is 4.79 Å². The molecule has 1 aliphatic heterocycles. The molecule has 0 radical (unpaired) electrons. The van der Waals surface area contributed by atoms with Gasteiger partial charge in [-0.15, -0.1) is 0 Å². The predicted octanol–water partition coefficient (Wildman–Crippen LogP) is 3.73. The Kier molecular flexibility index (Phi) is 6.50. The third-order valence-corrected chi connectivity index (χ3v) is 5.14. The molecule has 1 atom stereocenters. The molecule has 0 aromatic heterocycles. The average molecular weight is 432 g/mol. The van der Waals surface area contributed by atoms with E-state index in [0.29, 0.717) is 32.4 Å². The lowest BCUT2D eigenvalue weighted by atomic mass is 9.93. The number of carbonyl (C=O) groups excluding carboxylic acids is 2. The molecule has 5 nitrogen and oxygen atoms in total. The smallest absolute Gasteiger partial charge is 0.328 e. The van der Waals surface area contributed by atoms with Crippen LogP contribution < -0.4 is 4.74 Å². The predicted molar refractivity (Wildman–Crippen MR) is 105 cm³/mol.